The summed E-state index contributed by atoms with van der Waals surface area (Å²) in [6, 6.07) is 17.3. The molecule has 0 aromatic heterocycles. The SMILES string of the molecule is O=P(O)(CCCCCP(=O)(O)c1ccccc1)c1ccccc1. The summed E-state index contributed by atoms with van der Waals surface area (Å²) in [5.74, 6) is 0. The van der Waals surface area contributed by atoms with E-state index < -0.39 is 14.7 Å². The molecular weight excluding hydrogens is 330 g/mol. The second-order valence-corrected chi connectivity index (χ2v) is 10.3. The average Bonchev–Trinajstić information content (AvgIpc) is 2.56. The molecule has 0 aliphatic heterocycles. The molecule has 0 bridgehead atoms. The predicted molar refractivity (Wildman–Crippen MR) is 95.4 cm³/mol. The zero-order chi connectivity index (χ0) is 16.8. The van der Waals surface area contributed by atoms with Gasteiger partial charge in [-0.05, 0) is 37.1 Å². The summed E-state index contributed by atoms with van der Waals surface area (Å²) in [4.78, 5) is 20.1. The van der Waals surface area contributed by atoms with Crippen LogP contribution in [0, 0.1) is 0 Å². The first-order chi connectivity index (χ1) is 10.9. The number of hydrogen-bond acceptors (Lipinski definition) is 2. The highest BCUT2D eigenvalue weighted by Gasteiger charge is 2.22. The Kier molecular flexibility index (Phi) is 6.38. The van der Waals surface area contributed by atoms with E-state index in [1.165, 1.54) is 0 Å². The predicted octanol–water partition coefficient (Wildman–Crippen LogP) is 3.35. The van der Waals surface area contributed by atoms with Gasteiger partial charge in [-0.3, -0.25) is 9.13 Å². The van der Waals surface area contributed by atoms with Crippen molar-refractivity contribution in [3.05, 3.63) is 60.7 Å². The molecule has 2 atom stereocenters. The van der Waals surface area contributed by atoms with E-state index in [1.54, 1.807) is 48.5 Å². The Morgan fingerprint density at radius 1 is 0.609 bits per heavy atom. The molecular formula is C17H22O4P2. The summed E-state index contributed by atoms with van der Waals surface area (Å²) < 4.78 is 24.5. The monoisotopic (exact) mass is 352 g/mol. The van der Waals surface area contributed by atoms with E-state index in [0.29, 0.717) is 29.9 Å². The van der Waals surface area contributed by atoms with Gasteiger partial charge in [0, 0.05) is 22.9 Å². The lowest BCUT2D eigenvalue weighted by atomic mass is 10.3. The zero-order valence-corrected chi connectivity index (χ0v) is 14.7. The fourth-order valence-electron chi connectivity index (χ4n) is 2.41. The van der Waals surface area contributed by atoms with Crippen LogP contribution in [-0.2, 0) is 9.13 Å². The Morgan fingerprint density at radius 2 is 0.957 bits per heavy atom. The first-order valence-electron chi connectivity index (χ1n) is 7.67. The third kappa shape index (κ3) is 5.44. The topological polar surface area (TPSA) is 74.6 Å². The van der Waals surface area contributed by atoms with Crippen LogP contribution in [0.4, 0.5) is 0 Å². The third-order valence-electron chi connectivity index (χ3n) is 3.74. The molecule has 0 spiro atoms. The molecule has 2 N–H and O–H groups in total. The molecule has 0 amide bonds. The second-order valence-electron chi connectivity index (χ2n) is 5.58. The molecule has 0 aliphatic carbocycles. The maximum atomic E-state index is 12.2. The van der Waals surface area contributed by atoms with Crippen LogP contribution in [0.2, 0.25) is 0 Å². The molecule has 0 fully saturated rings. The number of benzene rings is 2. The maximum absolute atomic E-state index is 12.2. The fraction of sp³-hybridized carbons (Fsp3) is 0.294. The maximum Gasteiger partial charge on any atom is 0.229 e. The van der Waals surface area contributed by atoms with Crippen LogP contribution in [0.15, 0.2) is 60.7 Å². The van der Waals surface area contributed by atoms with E-state index in [2.05, 4.69) is 0 Å². The molecule has 124 valence electrons. The van der Waals surface area contributed by atoms with Gasteiger partial charge in [0.1, 0.15) is 0 Å². The van der Waals surface area contributed by atoms with Gasteiger partial charge in [-0.1, -0.05) is 42.8 Å². The summed E-state index contributed by atoms with van der Waals surface area (Å²) in [6.45, 7) is 0. The van der Waals surface area contributed by atoms with Gasteiger partial charge in [-0.2, -0.15) is 0 Å². The van der Waals surface area contributed by atoms with Crippen LogP contribution in [0.3, 0.4) is 0 Å². The van der Waals surface area contributed by atoms with Crippen molar-refractivity contribution in [2.24, 2.45) is 0 Å². The summed E-state index contributed by atoms with van der Waals surface area (Å²) in [7, 11) is -6.63. The van der Waals surface area contributed by atoms with Gasteiger partial charge < -0.3 is 9.79 Å². The highest BCUT2D eigenvalue weighted by molar-refractivity contribution is 7.66. The van der Waals surface area contributed by atoms with Crippen LogP contribution in [-0.4, -0.2) is 22.1 Å². The molecule has 0 saturated carbocycles. The van der Waals surface area contributed by atoms with E-state index in [4.69, 9.17) is 0 Å². The normalized spacial score (nSPS) is 16.4. The molecule has 23 heavy (non-hydrogen) atoms. The summed E-state index contributed by atoms with van der Waals surface area (Å²) >= 11 is 0. The van der Waals surface area contributed by atoms with Crippen molar-refractivity contribution in [2.75, 3.05) is 12.3 Å². The molecule has 6 heteroatoms. The molecule has 2 aromatic rings. The molecule has 0 aliphatic rings. The van der Waals surface area contributed by atoms with E-state index in [1.807, 2.05) is 12.1 Å². The Morgan fingerprint density at radius 3 is 1.30 bits per heavy atom. The molecule has 0 heterocycles. The van der Waals surface area contributed by atoms with Crippen molar-refractivity contribution < 1.29 is 18.9 Å². The number of rotatable bonds is 8. The number of unbranched alkanes of at least 4 members (excludes halogenated alkanes) is 2. The Balaban J connectivity index is 1.78. The quantitative estimate of drug-likeness (QED) is 0.564. The molecule has 4 nitrogen and oxygen atoms in total. The van der Waals surface area contributed by atoms with Gasteiger partial charge in [0.2, 0.25) is 14.7 Å². The highest BCUT2D eigenvalue weighted by atomic mass is 31.2. The minimum Gasteiger partial charge on any atom is -0.341 e. The van der Waals surface area contributed by atoms with Gasteiger partial charge in [-0.15, -0.1) is 0 Å². The Hall–Kier alpha value is -1.18. The Labute approximate surface area is 137 Å². The molecule has 2 rings (SSSR count). The first kappa shape index (κ1) is 18.2. The van der Waals surface area contributed by atoms with Crippen LogP contribution in [0.1, 0.15) is 19.3 Å². The van der Waals surface area contributed by atoms with Gasteiger partial charge in [0.15, 0.2) is 0 Å². The standard InChI is InChI=1S/C17H22O4P2/c18-22(19,16-10-4-1-5-11-16)14-8-3-9-15-23(20,21)17-12-6-2-7-13-17/h1-2,4-7,10-13H,3,8-9,14-15H2,(H,18,19)(H,20,21). The second kappa shape index (κ2) is 8.08. The lowest BCUT2D eigenvalue weighted by molar-refractivity contribution is 0.484. The van der Waals surface area contributed by atoms with Gasteiger partial charge >= 0.3 is 0 Å². The van der Waals surface area contributed by atoms with E-state index in [-0.39, 0.29) is 12.3 Å². The highest BCUT2D eigenvalue weighted by Crippen LogP contribution is 2.42. The average molecular weight is 352 g/mol. The lowest BCUT2D eigenvalue weighted by Gasteiger charge is -2.13. The van der Waals surface area contributed by atoms with Crippen LogP contribution in [0.5, 0.6) is 0 Å². The van der Waals surface area contributed by atoms with E-state index >= 15 is 0 Å². The summed E-state index contributed by atoms with van der Waals surface area (Å²) in [5.41, 5.74) is 0. The smallest absolute Gasteiger partial charge is 0.229 e. The molecule has 2 unspecified atom stereocenters. The van der Waals surface area contributed by atoms with Crippen molar-refractivity contribution >= 4 is 25.3 Å². The largest absolute Gasteiger partial charge is 0.341 e. The van der Waals surface area contributed by atoms with E-state index in [0.717, 1.165) is 0 Å². The van der Waals surface area contributed by atoms with Crippen molar-refractivity contribution in [1.29, 1.82) is 0 Å². The fourth-order valence-corrected chi connectivity index (χ4v) is 5.51. The van der Waals surface area contributed by atoms with Crippen LogP contribution >= 0.6 is 14.7 Å². The minimum atomic E-state index is -3.32. The van der Waals surface area contributed by atoms with Gasteiger partial charge in [0.25, 0.3) is 0 Å². The Bertz CT molecular complexity index is 640. The summed E-state index contributed by atoms with van der Waals surface area (Å²) in [6.07, 6.45) is 2.21. The van der Waals surface area contributed by atoms with Crippen LogP contribution in [0.25, 0.3) is 0 Å². The van der Waals surface area contributed by atoms with E-state index in [9.17, 15) is 18.9 Å². The molecule has 0 saturated heterocycles. The molecule has 2 aromatic carbocycles. The van der Waals surface area contributed by atoms with Crippen molar-refractivity contribution in [3.63, 3.8) is 0 Å². The van der Waals surface area contributed by atoms with Crippen molar-refractivity contribution in [1.82, 2.24) is 0 Å². The van der Waals surface area contributed by atoms with Gasteiger partial charge in [0.05, 0.1) is 0 Å². The molecule has 0 radical (unpaired) electrons. The third-order valence-corrected chi connectivity index (χ3v) is 7.80. The van der Waals surface area contributed by atoms with Crippen molar-refractivity contribution in [2.45, 2.75) is 19.3 Å². The van der Waals surface area contributed by atoms with Gasteiger partial charge in [-0.25, -0.2) is 0 Å². The lowest BCUT2D eigenvalue weighted by Crippen LogP contribution is -2.08. The van der Waals surface area contributed by atoms with Crippen molar-refractivity contribution in [3.8, 4) is 0 Å². The van der Waals surface area contributed by atoms with Crippen LogP contribution < -0.4 is 10.6 Å². The number of hydrogen-bond donors (Lipinski definition) is 2. The minimum absolute atomic E-state index is 0.206. The summed E-state index contributed by atoms with van der Waals surface area (Å²) in [5, 5.41) is 0.939. The first-order valence-corrected chi connectivity index (χ1v) is 11.4. The zero-order valence-electron chi connectivity index (χ0n) is 12.9.